The zero-order valence-corrected chi connectivity index (χ0v) is 16.1. The van der Waals surface area contributed by atoms with Gasteiger partial charge in [0, 0.05) is 24.0 Å². The Hall–Kier alpha value is -2.73. The minimum absolute atomic E-state index is 0.280. The number of ether oxygens (including phenoxy) is 1. The SMILES string of the molecule is CC(C)(C(N)=O)C1(c2ccc3c(cnn3-c3ccc(F)cc3)c2)CCOCC1. The fraction of sp³-hybridized carbons (Fsp3) is 0.364. The molecule has 4 rings (SSSR count). The van der Waals surface area contributed by atoms with E-state index in [9.17, 15) is 9.18 Å². The molecule has 0 unspecified atom stereocenters. The number of carbonyl (C=O) groups is 1. The number of halogens is 1. The van der Waals surface area contributed by atoms with Crippen LogP contribution in [0, 0.1) is 11.2 Å². The Morgan fingerprint density at radius 3 is 2.50 bits per heavy atom. The van der Waals surface area contributed by atoms with E-state index < -0.39 is 5.41 Å². The minimum atomic E-state index is -0.711. The number of aromatic nitrogens is 2. The molecule has 146 valence electrons. The van der Waals surface area contributed by atoms with Gasteiger partial charge in [-0.1, -0.05) is 19.9 Å². The third kappa shape index (κ3) is 2.79. The number of nitrogens with zero attached hydrogens (tertiary/aromatic N) is 2. The van der Waals surface area contributed by atoms with Crippen LogP contribution in [-0.4, -0.2) is 28.9 Å². The van der Waals surface area contributed by atoms with Crippen molar-refractivity contribution in [2.75, 3.05) is 13.2 Å². The molecule has 1 saturated heterocycles. The zero-order chi connectivity index (χ0) is 19.9. The van der Waals surface area contributed by atoms with Crippen molar-refractivity contribution in [2.24, 2.45) is 11.1 Å². The number of primary amides is 1. The van der Waals surface area contributed by atoms with Gasteiger partial charge in [0.25, 0.3) is 0 Å². The van der Waals surface area contributed by atoms with Crippen molar-refractivity contribution < 1.29 is 13.9 Å². The molecule has 1 aliphatic rings. The van der Waals surface area contributed by atoms with Crippen LogP contribution in [0.5, 0.6) is 0 Å². The lowest BCUT2D eigenvalue weighted by Gasteiger charge is -2.47. The molecule has 1 aromatic heterocycles. The van der Waals surface area contributed by atoms with Gasteiger partial charge in [-0.3, -0.25) is 4.79 Å². The number of hydrogen-bond donors (Lipinski definition) is 1. The summed E-state index contributed by atoms with van der Waals surface area (Å²) in [6.45, 7) is 5.05. The number of nitrogens with two attached hydrogens (primary N) is 1. The maximum Gasteiger partial charge on any atom is 0.223 e. The molecule has 0 aliphatic carbocycles. The maximum atomic E-state index is 13.2. The van der Waals surface area contributed by atoms with E-state index in [1.165, 1.54) is 12.1 Å². The van der Waals surface area contributed by atoms with E-state index in [2.05, 4.69) is 17.2 Å². The number of fused-ring (bicyclic) bond motifs is 1. The third-order valence-corrected chi connectivity index (χ3v) is 6.35. The molecule has 2 heterocycles. The summed E-state index contributed by atoms with van der Waals surface area (Å²) < 4.78 is 20.6. The Bertz CT molecular complexity index is 1020. The van der Waals surface area contributed by atoms with E-state index in [0.717, 1.165) is 35.0 Å². The Labute approximate surface area is 163 Å². The Morgan fingerprint density at radius 1 is 1.18 bits per heavy atom. The van der Waals surface area contributed by atoms with Gasteiger partial charge in [0.05, 0.1) is 22.8 Å². The van der Waals surface area contributed by atoms with Crippen molar-refractivity contribution in [3.8, 4) is 5.69 Å². The summed E-state index contributed by atoms with van der Waals surface area (Å²) in [6, 6.07) is 12.4. The molecule has 5 nitrogen and oxygen atoms in total. The monoisotopic (exact) mass is 381 g/mol. The van der Waals surface area contributed by atoms with Gasteiger partial charge in [0.2, 0.25) is 5.91 Å². The van der Waals surface area contributed by atoms with Crippen LogP contribution in [0.4, 0.5) is 4.39 Å². The Morgan fingerprint density at radius 2 is 1.86 bits per heavy atom. The number of amides is 1. The molecular weight excluding hydrogens is 357 g/mol. The second kappa shape index (κ2) is 6.71. The van der Waals surface area contributed by atoms with E-state index in [-0.39, 0.29) is 17.1 Å². The molecule has 6 heteroatoms. The predicted octanol–water partition coefficient (Wildman–Crippen LogP) is 3.72. The topological polar surface area (TPSA) is 70.1 Å². The molecule has 0 spiro atoms. The number of benzene rings is 2. The Balaban J connectivity index is 1.82. The van der Waals surface area contributed by atoms with Gasteiger partial charge in [-0.15, -0.1) is 0 Å². The number of carbonyl (C=O) groups excluding carboxylic acids is 1. The molecule has 0 bridgehead atoms. The van der Waals surface area contributed by atoms with Gasteiger partial charge < -0.3 is 10.5 Å². The van der Waals surface area contributed by atoms with Crippen LogP contribution in [0.1, 0.15) is 32.3 Å². The number of hydrogen-bond acceptors (Lipinski definition) is 3. The van der Waals surface area contributed by atoms with Gasteiger partial charge in [-0.25, -0.2) is 9.07 Å². The van der Waals surface area contributed by atoms with E-state index in [1.54, 1.807) is 23.0 Å². The maximum absolute atomic E-state index is 13.2. The highest BCUT2D eigenvalue weighted by molar-refractivity contribution is 5.84. The first-order chi connectivity index (χ1) is 13.3. The molecule has 2 aromatic carbocycles. The molecule has 0 radical (unpaired) electrons. The normalized spacial score (nSPS) is 17.0. The zero-order valence-electron chi connectivity index (χ0n) is 16.1. The van der Waals surface area contributed by atoms with Crippen molar-refractivity contribution in [3.63, 3.8) is 0 Å². The quantitative estimate of drug-likeness (QED) is 0.749. The molecule has 0 saturated carbocycles. The van der Waals surface area contributed by atoms with E-state index in [0.29, 0.717) is 13.2 Å². The van der Waals surface area contributed by atoms with Crippen LogP contribution in [-0.2, 0) is 14.9 Å². The molecule has 1 amide bonds. The lowest BCUT2D eigenvalue weighted by molar-refractivity contribution is -0.132. The molecule has 3 aromatic rings. The highest BCUT2D eigenvalue weighted by Crippen LogP contribution is 2.49. The van der Waals surface area contributed by atoms with Crippen molar-refractivity contribution in [1.82, 2.24) is 9.78 Å². The first kappa shape index (κ1) is 18.6. The van der Waals surface area contributed by atoms with Gasteiger partial charge in [-0.2, -0.15) is 5.10 Å². The standard InChI is InChI=1S/C22H24FN3O2/c1-21(2,20(24)27)22(9-11-28-12-10-22)16-3-8-19-15(13-16)14-25-26(19)18-6-4-17(23)5-7-18/h3-8,13-14H,9-12H2,1-2H3,(H2,24,27). The lowest BCUT2D eigenvalue weighted by Crippen LogP contribution is -2.52. The summed E-state index contributed by atoms with van der Waals surface area (Å²) in [5.41, 5.74) is 7.50. The van der Waals surface area contributed by atoms with Gasteiger partial charge in [0.1, 0.15) is 5.82 Å². The number of rotatable bonds is 4. The van der Waals surface area contributed by atoms with E-state index in [1.807, 2.05) is 19.9 Å². The van der Waals surface area contributed by atoms with Crippen LogP contribution < -0.4 is 5.73 Å². The van der Waals surface area contributed by atoms with E-state index >= 15 is 0 Å². The minimum Gasteiger partial charge on any atom is -0.381 e. The van der Waals surface area contributed by atoms with Gasteiger partial charge >= 0.3 is 0 Å². The average molecular weight is 381 g/mol. The Kier molecular flexibility index (Phi) is 4.46. The molecule has 0 atom stereocenters. The second-order valence-corrected chi connectivity index (χ2v) is 7.99. The molecular formula is C22H24FN3O2. The van der Waals surface area contributed by atoms with E-state index in [4.69, 9.17) is 10.5 Å². The van der Waals surface area contributed by atoms with Crippen molar-refractivity contribution in [1.29, 1.82) is 0 Å². The summed E-state index contributed by atoms with van der Waals surface area (Å²) in [4.78, 5) is 12.3. The highest BCUT2D eigenvalue weighted by atomic mass is 19.1. The fourth-order valence-electron chi connectivity index (χ4n) is 4.35. The summed E-state index contributed by atoms with van der Waals surface area (Å²) in [5, 5.41) is 5.45. The fourth-order valence-corrected chi connectivity index (χ4v) is 4.35. The largest absolute Gasteiger partial charge is 0.381 e. The summed E-state index contributed by atoms with van der Waals surface area (Å²) in [7, 11) is 0. The van der Waals surface area contributed by atoms with Crippen LogP contribution in [0.25, 0.3) is 16.6 Å². The van der Waals surface area contributed by atoms with Gasteiger partial charge in [-0.05, 0) is 54.8 Å². The van der Waals surface area contributed by atoms with Crippen LogP contribution >= 0.6 is 0 Å². The summed E-state index contributed by atoms with van der Waals surface area (Å²) in [5.74, 6) is -0.589. The third-order valence-electron chi connectivity index (χ3n) is 6.35. The first-order valence-electron chi connectivity index (χ1n) is 9.47. The van der Waals surface area contributed by atoms with Crippen LogP contribution in [0.2, 0.25) is 0 Å². The summed E-state index contributed by atoms with van der Waals surface area (Å²) in [6.07, 6.45) is 3.27. The van der Waals surface area contributed by atoms with Crippen molar-refractivity contribution in [3.05, 3.63) is 60.0 Å². The van der Waals surface area contributed by atoms with Crippen LogP contribution in [0.3, 0.4) is 0 Å². The first-order valence-corrected chi connectivity index (χ1v) is 9.47. The van der Waals surface area contributed by atoms with Crippen molar-refractivity contribution in [2.45, 2.75) is 32.1 Å². The van der Waals surface area contributed by atoms with Gasteiger partial charge in [0.15, 0.2) is 0 Å². The lowest BCUT2D eigenvalue weighted by atomic mass is 9.57. The van der Waals surface area contributed by atoms with Crippen LogP contribution in [0.15, 0.2) is 48.7 Å². The molecule has 28 heavy (non-hydrogen) atoms. The molecule has 1 fully saturated rings. The second-order valence-electron chi connectivity index (χ2n) is 7.99. The molecule has 1 aliphatic heterocycles. The summed E-state index contributed by atoms with van der Waals surface area (Å²) >= 11 is 0. The smallest absolute Gasteiger partial charge is 0.223 e. The predicted molar refractivity (Wildman–Crippen MR) is 106 cm³/mol. The highest BCUT2D eigenvalue weighted by Gasteiger charge is 2.50. The molecule has 2 N–H and O–H groups in total. The average Bonchev–Trinajstić information content (AvgIpc) is 3.12. The van der Waals surface area contributed by atoms with Crippen molar-refractivity contribution >= 4 is 16.8 Å².